The first-order valence-corrected chi connectivity index (χ1v) is 6.93. The molecule has 98 valence electrons. The van der Waals surface area contributed by atoms with Gasteiger partial charge in [-0.2, -0.15) is 0 Å². The van der Waals surface area contributed by atoms with Crippen molar-refractivity contribution in [2.45, 2.75) is 39.2 Å². The molecule has 2 unspecified atom stereocenters. The topological polar surface area (TPSA) is 30.5 Å². The van der Waals surface area contributed by atoms with Crippen LogP contribution in [0.1, 0.15) is 43.9 Å². The Bertz CT molecular complexity index is 444. The molecule has 2 aliphatic rings. The average molecular weight is 247 g/mol. The van der Waals surface area contributed by atoms with Crippen molar-refractivity contribution < 1.29 is 9.47 Å². The lowest BCUT2D eigenvalue weighted by atomic mass is 9.87. The summed E-state index contributed by atoms with van der Waals surface area (Å²) in [4.78, 5) is 0. The number of hydrogen-bond donors (Lipinski definition) is 1. The van der Waals surface area contributed by atoms with E-state index in [4.69, 9.17) is 9.47 Å². The van der Waals surface area contributed by atoms with Crippen molar-refractivity contribution >= 4 is 0 Å². The van der Waals surface area contributed by atoms with Crippen LogP contribution in [0.15, 0.2) is 12.1 Å². The van der Waals surface area contributed by atoms with Crippen molar-refractivity contribution in [2.24, 2.45) is 5.92 Å². The van der Waals surface area contributed by atoms with Crippen LogP contribution in [0.3, 0.4) is 0 Å². The third-order valence-corrected chi connectivity index (χ3v) is 4.13. The van der Waals surface area contributed by atoms with E-state index < -0.39 is 0 Å². The van der Waals surface area contributed by atoms with Gasteiger partial charge in [-0.25, -0.2) is 0 Å². The lowest BCUT2D eigenvalue weighted by Gasteiger charge is -2.29. The summed E-state index contributed by atoms with van der Waals surface area (Å²) in [5, 5.41) is 3.64. The van der Waals surface area contributed by atoms with E-state index in [9.17, 15) is 0 Å². The predicted molar refractivity (Wildman–Crippen MR) is 71.1 cm³/mol. The summed E-state index contributed by atoms with van der Waals surface area (Å²) < 4.78 is 11.0. The highest BCUT2D eigenvalue weighted by molar-refractivity contribution is 5.50. The van der Waals surface area contributed by atoms with Gasteiger partial charge in [0.2, 0.25) is 6.79 Å². The Morgan fingerprint density at radius 3 is 2.89 bits per heavy atom. The normalized spacial score (nSPS) is 22.7. The summed E-state index contributed by atoms with van der Waals surface area (Å²) in [7, 11) is 0. The first-order valence-electron chi connectivity index (χ1n) is 6.93. The third kappa shape index (κ3) is 2.07. The minimum absolute atomic E-state index is 0.363. The van der Waals surface area contributed by atoms with Crippen molar-refractivity contribution in [3.63, 3.8) is 0 Å². The number of rotatable bonds is 3. The number of nitrogens with one attached hydrogen (secondary N) is 1. The second-order valence-electron chi connectivity index (χ2n) is 5.41. The summed E-state index contributed by atoms with van der Waals surface area (Å²) in [5.74, 6) is 2.57. The molecule has 0 amide bonds. The molecule has 2 atom stereocenters. The van der Waals surface area contributed by atoms with Crippen LogP contribution in [0.4, 0.5) is 0 Å². The summed E-state index contributed by atoms with van der Waals surface area (Å²) in [6, 6.07) is 4.82. The van der Waals surface area contributed by atoms with Crippen LogP contribution in [0, 0.1) is 5.92 Å². The van der Waals surface area contributed by atoms with Gasteiger partial charge in [0, 0.05) is 6.04 Å². The van der Waals surface area contributed by atoms with Gasteiger partial charge in [-0.05, 0) is 48.6 Å². The molecule has 2 aliphatic heterocycles. The first-order chi connectivity index (χ1) is 8.78. The fourth-order valence-electron chi connectivity index (χ4n) is 2.81. The van der Waals surface area contributed by atoms with Crippen LogP contribution in [-0.4, -0.2) is 13.3 Å². The number of hydrogen-bond acceptors (Lipinski definition) is 3. The molecular formula is C15H21NO2. The smallest absolute Gasteiger partial charge is 0.231 e. The molecule has 0 saturated carbocycles. The van der Waals surface area contributed by atoms with Gasteiger partial charge in [0.1, 0.15) is 0 Å². The van der Waals surface area contributed by atoms with Crippen LogP contribution in [0.2, 0.25) is 0 Å². The van der Waals surface area contributed by atoms with Crippen LogP contribution >= 0.6 is 0 Å². The molecule has 0 bridgehead atoms. The van der Waals surface area contributed by atoms with E-state index in [1.165, 1.54) is 24.0 Å². The van der Waals surface area contributed by atoms with Gasteiger partial charge in [0.05, 0.1) is 0 Å². The largest absolute Gasteiger partial charge is 0.454 e. The summed E-state index contributed by atoms with van der Waals surface area (Å²) in [6.45, 7) is 6.01. The van der Waals surface area contributed by atoms with Crippen molar-refractivity contribution in [3.05, 3.63) is 23.3 Å². The molecule has 3 rings (SSSR count). The Kier molecular flexibility index (Phi) is 3.16. The van der Waals surface area contributed by atoms with E-state index >= 15 is 0 Å². The molecule has 0 saturated heterocycles. The van der Waals surface area contributed by atoms with E-state index in [2.05, 4.69) is 31.3 Å². The first kappa shape index (κ1) is 11.8. The van der Waals surface area contributed by atoms with Gasteiger partial charge in [-0.3, -0.25) is 0 Å². The number of fused-ring (bicyclic) bond motifs is 2. The zero-order chi connectivity index (χ0) is 12.5. The Balaban J connectivity index is 1.90. The van der Waals surface area contributed by atoms with Gasteiger partial charge < -0.3 is 14.8 Å². The molecule has 18 heavy (non-hydrogen) atoms. The van der Waals surface area contributed by atoms with Gasteiger partial charge >= 0.3 is 0 Å². The molecule has 3 heteroatoms. The standard InChI is InChI=1S/C15H21NO2/c1-3-10(2)6-13-12-8-15-14(17-9-18-15)7-11(12)4-5-16-13/h7-8,10,13,16H,3-6,9H2,1-2H3. The fourth-order valence-corrected chi connectivity index (χ4v) is 2.81. The molecule has 0 fully saturated rings. The third-order valence-electron chi connectivity index (χ3n) is 4.13. The van der Waals surface area contributed by atoms with E-state index in [-0.39, 0.29) is 0 Å². The van der Waals surface area contributed by atoms with Crippen LogP contribution in [-0.2, 0) is 6.42 Å². The van der Waals surface area contributed by atoms with Crippen LogP contribution in [0.5, 0.6) is 11.5 Å². The zero-order valence-corrected chi connectivity index (χ0v) is 11.2. The molecule has 1 N–H and O–H groups in total. The number of ether oxygens (including phenoxy) is 2. The molecule has 3 nitrogen and oxygen atoms in total. The van der Waals surface area contributed by atoms with E-state index in [0.717, 1.165) is 30.4 Å². The van der Waals surface area contributed by atoms with Crippen molar-refractivity contribution in [1.82, 2.24) is 5.32 Å². The lowest BCUT2D eigenvalue weighted by Crippen LogP contribution is -2.30. The van der Waals surface area contributed by atoms with Crippen LogP contribution in [0.25, 0.3) is 0 Å². The highest BCUT2D eigenvalue weighted by Crippen LogP contribution is 2.39. The summed E-state index contributed by atoms with van der Waals surface area (Å²) >= 11 is 0. The second kappa shape index (κ2) is 4.81. The van der Waals surface area contributed by atoms with Gasteiger partial charge in [-0.1, -0.05) is 20.3 Å². The highest BCUT2D eigenvalue weighted by Gasteiger charge is 2.25. The lowest BCUT2D eigenvalue weighted by molar-refractivity contribution is 0.174. The van der Waals surface area contributed by atoms with Gasteiger partial charge in [-0.15, -0.1) is 0 Å². The zero-order valence-electron chi connectivity index (χ0n) is 11.2. The molecule has 0 spiro atoms. The van der Waals surface area contributed by atoms with E-state index in [1.54, 1.807) is 0 Å². The fraction of sp³-hybridized carbons (Fsp3) is 0.600. The Labute approximate surface area is 108 Å². The minimum Gasteiger partial charge on any atom is -0.454 e. The quantitative estimate of drug-likeness (QED) is 0.890. The molecule has 2 heterocycles. The maximum Gasteiger partial charge on any atom is 0.231 e. The summed E-state index contributed by atoms with van der Waals surface area (Å²) in [5.41, 5.74) is 2.83. The molecule has 0 aromatic heterocycles. The Morgan fingerprint density at radius 2 is 2.11 bits per heavy atom. The molecular weight excluding hydrogens is 226 g/mol. The van der Waals surface area contributed by atoms with Crippen LogP contribution < -0.4 is 14.8 Å². The minimum atomic E-state index is 0.363. The van der Waals surface area contributed by atoms with Gasteiger partial charge in [0.15, 0.2) is 11.5 Å². The SMILES string of the molecule is CCC(C)CC1NCCc2cc3c(cc21)OCO3. The maximum absolute atomic E-state index is 5.49. The van der Waals surface area contributed by atoms with Crippen molar-refractivity contribution in [2.75, 3.05) is 13.3 Å². The second-order valence-corrected chi connectivity index (χ2v) is 5.41. The van der Waals surface area contributed by atoms with Gasteiger partial charge in [0.25, 0.3) is 0 Å². The highest BCUT2D eigenvalue weighted by atomic mass is 16.7. The van der Waals surface area contributed by atoms with Crippen molar-refractivity contribution in [3.8, 4) is 11.5 Å². The molecule has 1 aromatic carbocycles. The maximum atomic E-state index is 5.49. The predicted octanol–water partition coefficient (Wildman–Crippen LogP) is 3.04. The van der Waals surface area contributed by atoms with E-state index in [1.807, 2.05) is 0 Å². The number of benzene rings is 1. The monoisotopic (exact) mass is 247 g/mol. The molecule has 0 aliphatic carbocycles. The molecule has 1 aromatic rings. The Morgan fingerprint density at radius 1 is 1.33 bits per heavy atom. The summed E-state index contributed by atoms with van der Waals surface area (Å²) in [6.07, 6.45) is 3.52. The van der Waals surface area contributed by atoms with E-state index in [0.29, 0.717) is 12.8 Å². The Hall–Kier alpha value is -1.22. The average Bonchev–Trinajstić information content (AvgIpc) is 2.83. The molecule has 0 radical (unpaired) electrons. The van der Waals surface area contributed by atoms with Crippen molar-refractivity contribution in [1.29, 1.82) is 0 Å².